The van der Waals surface area contributed by atoms with Crippen LogP contribution in [0.15, 0.2) is 30.6 Å². The molecule has 0 saturated carbocycles. The predicted octanol–water partition coefficient (Wildman–Crippen LogP) is 2.88. The van der Waals surface area contributed by atoms with Gasteiger partial charge in [-0.2, -0.15) is 19.6 Å². The first kappa shape index (κ1) is 13.8. The number of hydrogen-bond acceptors (Lipinski definition) is 4. The maximum absolute atomic E-state index is 13.6. The lowest BCUT2D eigenvalue weighted by Crippen LogP contribution is -2.12. The van der Waals surface area contributed by atoms with Crippen LogP contribution in [-0.4, -0.2) is 26.1 Å². The molecule has 2 heterocycles. The van der Waals surface area contributed by atoms with Crippen LogP contribution in [0.5, 0.6) is 0 Å². The molecule has 3 aromatic rings. The van der Waals surface area contributed by atoms with Gasteiger partial charge in [-0.3, -0.25) is 0 Å². The van der Waals surface area contributed by atoms with E-state index in [1.807, 2.05) is 13.0 Å². The Morgan fingerprint density at radius 3 is 2.95 bits per heavy atom. The summed E-state index contributed by atoms with van der Waals surface area (Å²) in [5, 5.41) is 7.72. The minimum absolute atomic E-state index is 0.199. The van der Waals surface area contributed by atoms with Crippen LogP contribution in [0.2, 0.25) is 5.15 Å². The van der Waals surface area contributed by atoms with Gasteiger partial charge in [-0.15, -0.1) is 0 Å². The fourth-order valence-corrected chi connectivity index (χ4v) is 2.29. The highest BCUT2D eigenvalue weighted by molar-refractivity contribution is 6.30. The van der Waals surface area contributed by atoms with Gasteiger partial charge in [-0.05, 0) is 25.0 Å². The Bertz CT molecular complexity index is 786. The van der Waals surface area contributed by atoms with Crippen molar-refractivity contribution in [2.75, 3.05) is 11.9 Å². The molecule has 1 aromatic carbocycles. The molecule has 0 bridgehead atoms. The molecule has 5 nitrogen and oxygen atoms in total. The Kier molecular flexibility index (Phi) is 3.70. The van der Waals surface area contributed by atoms with Gasteiger partial charge < -0.3 is 5.32 Å². The van der Waals surface area contributed by atoms with Crippen molar-refractivity contribution in [3.63, 3.8) is 0 Å². The second-order valence-corrected chi connectivity index (χ2v) is 4.97. The van der Waals surface area contributed by atoms with Crippen LogP contribution in [0.1, 0.15) is 11.1 Å². The summed E-state index contributed by atoms with van der Waals surface area (Å²) in [5.74, 6) is 0.951. The van der Waals surface area contributed by atoms with Crippen molar-refractivity contribution < 1.29 is 4.39 Å². The van der Waals surface area contributed by atoms with Gasteiger partial charge in [0.15, 0.2) is 0 Å². The molecule has 0 unspecified atom stereocenters. The molecule has 0 aliphatic heterocycles. The summed E-state index contributed by atoms with van der Waals surface area (Å²) >= 11 is 6.08. The number of rotatable bonds is 4. The minimum Gasteiger partial charge on any atom is -0.369 e. The highest BCUT2D eigenvalue weighted by atomic mass is 35.5. The molecule has 1 N–H and O–H groups in total. The number of nitrogens with one attached hydrogen (secondary N) is 1. The second kappa shape index (κ2) is 5.65. The van der Waals surface area contributed by atoms with Crippen LogP contribution >= 0.6 is 11.6 Å². The van der Waals surface area contributed by atoms with Gasteiger partial charge in [0.25, 0.3) is 5.78 Å². The van der Waals surface area contributed by atoms with Crippen molar-refractivity contribution in [3.8, 4) is 0 Å². The van der Waals surface area contributed by atoms with Crippen LogP contribution in [0.3, 0.4) is 0 Å². The lowest BCUT2D eigenvalue weighted by Gasteiger charge is -2.11. The quantitative estimate of drug-likeness (QED) is 0.753. The molecule has 0 atom stereocenters. The van der Waals surface area contributed by atoms with Crippen molar-refractivity contribution in [1.82, 2.24) is 19.6 Å². The second-order valence-electron chi connectivity index (χ2n) is 4.62. The van der Waals surface area contributed by atoms with Crippen LogP contribution < -0.4 is 5.32 Å². The van der Waals surface area contributed by atoms with E-state index in [9.17, 15) is 4.39 Å². The number of nitrogens with zero attached hydrogens (tertiary/aromatic N) is 4. The zero-order chi connectivity index (χ0) is 14.8. The number of halogens is 2. The highest BCUT2D eigenvalue weighted by Crippen LogP contribution is 2.22. The molecule has 2 aromatic heterocycles. The van der Waals surface area contributed by atoms with Crippen molar-refractivity contribution >= 4 is 23.2 Å². The summed E-state index contributed by atoms with van der Waals surface area (Å²) in [6.45, 7) is 2.40. The molecule has 0 amide bonds. The third-order valence-electron chi connectivity index (χ3n) is 3.25. The molecule has 108 valence electrons. The van der Waals surface area contributed by atoms with Crippen LogP contribution in [-0.2, 0) is 6.42 Å². The monoisotopic (exact) mass is 305 g/mol. The standard InChI is InChI=1S/C14H13ClFN5/c1-9-12(15)20-14-18-8-19-21(14)13(9)17-7-6-10-4-2-3-5-11(10)16/h2-5,8,17H,6-7H2,1H3. The fraction of sp³-hybridized carbons (Fsp3) is 0.214. The molecule has 0 fully saturated rings. The average molecular weight is 306 g/mol. The summed E-state index contributed by atoms with van der Waals surface area (Å²) in [7, 11) is 0. The van der Waals surface area contributed by atoms with Crippen molar-refractivity contribution in [2.24, 2.45) is 0 Å². The van der Waals surface area contributed by atoms with Gasteiger partial charge in [-0.1, -0.05) is 29.8 Å². The van der Waals surface area contributed by atoms with Gasteiger partial charge in [-0.25, -0.2) is 4.39 Å². The maximum atomic E-state index is 13.6. The molecule has 7 heteroatoms. The van der Waals surface area contributed by atoms with E-state index in [4.69, 9.17) is 11.6 Å². The van der Waals surface area contributed by atoms with E-state index in [2.05, 4.69) is 20.4 Å². The van der Waals surface area contributed by atoms with Gasteiger partial charge in [0.2, 0.25) is 0 Å². The third-order valence-corrected chi connectivity index (χ3v) is 3.62. The van der Waals surface area contributed by atoms with Crippen LogP contribution in [0.4, 0.5) is 10.2 Å². The Labute approximate surface area is 125 Å². The lowest BCUT2D eigenvalue weighted by atomic mass is 10.1. The summed E-state index contributed by atoms with van der Waals surface area (Å²) in [6, 6.07) is 6.73. The highest BCUT2D eigenvalue weighted by Gasteiger charge is 2.11. The number of fused-ring (bicyclic) bond motifs is 1. The Morgan fingerprint density at radius 2 is 2.14 bits per heavy atom. The minimum atomic E-state index is -0.199. The van der Waals surface area contributed by atoms with Gasteiger partial charge >= 0.3 is 0 Å². The van der Waals surface area contributed by atoms with Gasteiger partial charge in [0.05, 0.1) is 0 Å². The molecular weight excluding hydrogens is 293 g/mol. The normalized spacial score (nSPS) is 11.0. The molecular formula is C14H13ClFN5. The Balaban J connectivity index is 1.81. The average Bonchev–Trinajstić information content (AvgIpc) is 2.92. The van der Waals surface area contributed by atoms with Gasteiger partial charge in [0, 0.05) is 12.1 Å². The van der Waals surface area contributed by atoms with Crippen molar-refractivity contribution in [2.45, 2.75) is 13.3 Å². The first-order valence-corrected chi connectivity index (χ1v) is 6.87. The van der Waals surface area contributed by atoms with E-state index in [1.165, 1.54) is 12.4 Å². The number of anilines is 1. The van der Waals surface area contributed by atoms with E-state index in [0.29, 0.717) is 29.5 Å². The van der Waals surface area contributed by atoms with E-state index >= 15 is 0 Å². The summed E-state index contributed by atoms with van der Waals surface area (Å²) in [5.41, 5.74) is 1.45. The predicted molar refractivity (Wildman–Crippen MR) is 79.1 cm³/mol. The molecule has 0 radical (unpaired) electrons. The number of aromatic nitrogens is 4. The summed E-state index contributed by atoms with van der Waals surface area (Å²) < 4.78 is 15.2. The zero-order valence-electron chi connectivity index (χ0n) is 11.3. The molecule has 21 heavy (non-hydrogen) atoms. The molecule has 0 spiro atoms. The van der Waals surface area contributed by atoms with E-state index in [-0.39, 0.29) is 5.82 Å². The van der Waals surface area contributed by atoms with Crippen molar-refractivity contribution in [1.29, 1.82) is 0 Å². The van der Waals surface area contributed by atoms with Crippen LogP contribution in [0, 0.1) is 12.7 Å². The number of hydrogen-bond donors (Lipinski definition) is 1. The van der Waals surface area contributed by atoms with Crippen molar-refractivity contribution in [3.05, 3.63) is 52.7 Å². The largest absolute Gasteiger partial charge is 0.369 e. The summed E-state index contributed by atoms with van der Waals surface area (Å²) in [6.07, 6.45) is 1.97. The van der Waals surface area contributed by atoms with E-state index in [0.717, 1.165) is 11.4 Å². The maximum Gasteiger partial charge on any atom is 0.255 e. The zero-order valence-corrected chi connectivity index (χ0v) is 12.1. The Hall–Kier alpha value is -2.21. The first-order chi connectivity index (χ1) is 10.2. The smallest absolute Gasteiger partial charge is 0.255 e. The first-order valence-electron chi connectivity index (χ1n) is 6.50. The van der Waals surface area contributed by atoms with E-state index < -0.39 is 0 Å². The SMILES string of the molecule is Cc1c(Cl)nc2ncnn2c1NCCc1ccccc1F. The van der Waals surface area contributed by atoms with E-state index in [1.54, 1.807) is 16.6 Å². The summed E-state index contributed by atoms with van der Waals surface area (Å²) in [4.78, 5) is 8.15. The molecule has 0 aliphatic rings. The third kappa shape index (κ3) is 2.67. The molecule has 0 aliphatic carbocycles. The Morgan fingerprint density at radius 1 is 1.33 bits per heavy atom. The fourth-order valence-electron chi connectivity index (χ4n) is 2.12. The molecule has 3 rings (SSSR count). The topological polar surface area (TPSA) is 55.1 Å². The lowest BCUT2D eigenvalue weighted by molar-refractivity contribution is 0.610. The number of benzene rings is 1. The van der Waals surface area contributed by atoms with Crippen LogP contribution in [0.25, 0.3) is 5.78 Å². The molecule has 0 saturated heterocycles. The van der Waals surface area contributed by atoms with Gasteiger partial charge in [0.1, 0.15) is 23.1 Å².